The summed E-state index contributed by atoms with van der Waals surface area (Å²) in [5.74, 6) is -0.321. The SMILES string of the molecule is Cc1cc(-c2cccc3ccccc23)c2cc(C(=O)OC(C)(C)C)ccc2n1. The van der Waals surface area contributed by atoms with Crippen LogP contribution in [0.5, 0.6) is 0 Å². The number of hydrogen-bond acceptors (Lipinski definition) is 3. The molecule has 0 saturated heterocycles. The molecular formula is C25H23NO2. The van der Waals surface area contributed by atoms with Crippen LogP contribution in [0.3, 0.4) is 0 Å². The van der Waals surface area contributed by atoms with Crippen molar-refractivity contribution in [3.63, 3.8) is 0 Å². The maximum absolute atomic E-state index is 12.6. The van der Waals surface area contributed by atoms with Crippen LogP contribution in [0, 0.1) is 6.92 Å². The molecule has 1 aromatic heterocycles. The zero-order chi connectivity index (χ0) is 19.9. The fraction of sp³-hybridized carbons (Fsp3) is 0.200. The number of carbonyl (C=O) groups is 1. The van der Waals surface area contributed by atoms with Gasteiger partial charge in [0.15, 0.2) is 0 Å². The topological polar surface area (TPSA) is 39.2 Å². The number of esters is 1. The number of carbonyl (C=O) groups excluding carboxylic acids is 1. The first-order chi connectivity index (χ1) is 13.3. The average molecular weight is 369 g/mol. The Morgan fingerprint density at radius 2 is 1.61 bits per heavy atom. The molecule has 3 aromatic carbocycles. The number of hydrogen-bond donors (Lipinski definition) is 0. The summed E-state index contributed by atoms with van der Waals surface area (Å²) in [6, 6.07) is 22.3. The highest BCUT2D eigenvalue weighted by atomic mass is 16.6. The highest BCUT2D eigenvalue weighted by Gasteiger charge is 2.19. The highest BCUT2D eigenvalue weighted by Crippen LogP contribution is 2.34. The molecule has 0 aliphatic rings. The lowest BCUT2D eigenvalue weighted by atomic mass is 9.94. The van der Waals surface area contributed by atoms with E-state index in [1.807, 2.05) is 52.0 Å². The molecule has 1 heterocycles. The molecule has 0 unspecified atom stereocenters. The molecule has 0 amide bonds. The lowest BCUT2D eigenvalue weighted by Crippen LogP contribution is -2.23. The normalized spacial score (nSPS) is 11.7. The monoisotopic (exact) mass is 369 g/mol. The Balaban J connectivity index is 1.95. The van der Waals surface area contributed by atoms with E-state index in [1.54, 1.807) is 6.07 Å². The van der Waals surface area contributed by atoms with Crippen LogP contribution in [0.2, 0.25) is 0 Å². The van der Waals surface area contributed by atoms with Gasteiger partial charge in [0.2, 0.25) is 0 Å². The number of pyridine rings is 1. The first-order valence-corrected chi connectivity index (χ1v) is 9.45. The summed E-state index contributed by atoms with van der Waals surface area (Å²) in [6.45, 7) is 7.62. The fourth-order valence-electron chi connectivity index (χ4n) is 3.51. The van der Waals surface area contributed by atoms with E-state index in [0.29, 0.717) is 5.56 Å². The molecule has 0 atom stereocenters. The number of aryl methyl sites for hydroxylation is 1. The molecule has 0 bridgehead atoms. The summed E-state index contributed by atoms with van der Waals surface area (Å²) in [4.78, 5) is 17.3. The van der Waals surface area contributed by atoms with Crippen molar-refractivity contribution >= 4 is 27.6 Å². The second-order valence-electron chi connectivity index (χ2n) is 8.07. The molecule has 0 aliphatic heterocycles. The Morgan fingerprint density at radius 3 is 2.39 bits per heavy atom. The third-order valence-corrected chi connectivity index (χ3v) is 4.65. The van der Waals surface area contributed by atoms with Crippen LogP contribution < -0.4 is 0 Å². The summed E-state index contributed by atoms with van der Waals surface area (Å²) >= 11 is 0. The number of nitrogens with zero attached hydrogens (tertiary/aromatic N) is 1. The van der Waals surface area contributed by atoms with Gasteiger partial charge in [-0.05, 0) is 73.9 Å². The number of rotatable bonds is 2. The van der Waals surface area contributed by atoms with Gasteiger partial charge in [-0.1, -0.05) is 42.5 Å². The van der Waals surface area contributed by atoms with Gasteiger partial charge in [-0.15, -0.1) is 0 Å². The maximum Gasteiger partial charge on any atom is 0.338 e. The Hall–Kier alpha value is -3.20. The third kappa shape index (κ3) is 3.48. The molecule has 140 valence electrons. The Labute approximate surface area is 165 Å². The Morgan fingerprint density at radius 1 is 0.857 bits per heavy atom. The molecule has 3 nitrogen and oxygen atoms in total. The van der Waals surface area contributed by atoms with Gasteiger partial charge < -0.3 is 4.74 Å². The van der Waals surface area contributed by atoms with Crippen molar-refractivity contribution < 1.29 is 9.53 Å². The van der Waals surface area contributed by atoms with E-state index in [9.17, 15) is 4.79 Å². The summed E-state index contributed by atoms with van der Waals surface area (Å²) < 4.78 is 5.55. The first-order valence-electron chi connectivity index (χ1n) is 9.45. The molecule has 4 aromatic rings. The van der Waals surface area contributed by atoms with E-state index in [-0.39, 0.29) is 5.97 Å². The minimum absolute atomic E-state index is 0.321. The van der Waals surface area contributed by atoms with E-state index in [0.717, 1.165) is 27.7 Å². The highest BCUT2D eigenvalue weighted by molar-refractivity contribution is 6.06. The van der Waals surface area contributed by atoms with Gasteiger partial charge >= 0.3 is 5.97 Å². The van der Waals surface area contributed by atoms with Crippen molar-refractivity contribution in [1.82, 2.24) is 4.98 Å². The number of ether oxygens (including phenoxy) is 1. The van der Waals surface area contributed by atoms with Crippen LogP contribution in [-0.4, -0.2) is 16.6 Å². The van der Waals surface area contributed by atoms with Gasteiger partial charge in [-0.2, -0.15) is 0 Å². The number of benzene rings is 3. The molecule has 0 aliphatic carbocycles. The summed E-state index contributed by atoms with van der Waals surface area (Å²) in [6.07, 6.45) is 0. The lowest BCUT2D eigenvalue weighted by Gasteiger charge is -2.19. The lowest BCUT2D eigenvalue weighted by molar-refractivity contribution is 0.00697. The van der Waals surface area contributed by atoms with Crippen molar-refractivity contribution in [3.8, 4) is 11.1 Å². The van der Waals surface area contributed by atoms with Gasteiger partial charge in [-0.25, -0.2) is 4.79 Å². The summed E-state index contributed by atoms with van der Waals surface area (Å²) in [7, 11) is 0. The quantitative estimate of drug-likeness (QED) is 0.388. The van der Waals surface area contributed by atoms with Crippen LogP contribution >= 0.6 is 0 Å². The molecule has 3 heteroatoms. The summed E-state index contributed by atoms with van der Waals surface area (Å²) in [5.41, 5.74) is 4.03. The number of aromatic nitrogens is 1. The van der Waals surface area contributed by atoms with E-state index < -0.39 is 5.60 Å². The van der Waals surface area contributed by atoms with Gasteiger partial charge in [0.25, 0.3) is 0 Å². The zero-order valence-corrected chi connectivity index (χ0v) is 16.6. The van der Waals surface area contributed by atoms with Crippen molar-refractivity contribution in [2.45, 2.75) is 33.3 Å². The largest absolute Gasteiger partial charge is 0.456 e. The zero-order valence-electron chi connectivity index (χ0n) is 16.6. The van der Waals surface area contributed by atoms with Gasteiger partial charge in [0.05, 0.1) is 11.1 Å². The van der Waals surface area contributed by atoms with E-state index in [1.165, 1.54) is 10.8 Å². The van der Waals surface area contributed by atoms with Gasteiger partial charge in [-0.3, -0.25) is 4.98 Å². The van der Waals surface area contributed by atoms with Crippen molar-refractivity contribution in [1.29, 1.82) is 0 Å². The predicted octanol–water partition coefficient (Wildman–Crippen LogP) is 6.32. The molecular weight excluding hydrogens is 346 g/mol. The molecule has 0 fully saturated rings. The second-order valence-corrected chi connectivity index (χ2v) is 8.07. The van der Waals surface area contributed by atoms with Gasteiger partial charge in [0, 0.05) is 11.1 Å². The van der Waals surface area contributed by atoms with Crippen molar-refractivity contribution in [2.24, 2.45) is 0 Å². The third-order valence-electron chi connectivity index (χ3n) is 4.65. The molecule has 0 spiro atoms. The van der Waals surface area contributed by atoms with E-state index >= 15 is 0 Å². The molecule has 4 rings (SSSR count). The smallest absolute Gasteiger partial charge is 0.338 e. The molecule has 0 radical (unpaired) electrons. The van der Waals surface area contributed by atoms with Gasteiger partial charge in [0.1, 0.15) is 5.60 Å². The minimum Gasteiger partial charge on any atom is -0.456 e. The summed E-state index contributed by atoms with van der Waals surface area (Å²) in [5, 5.41) is 3.32. The maximum atomic E-state index is 12.6. The molecule has 0 N–H and O–H groups in total. The molecule has 0 saturated carbocycles. The van der Waals surface area contributed by atoms with Crippen molar-refractivity contribution in [2.75, 3.05) is 0 Å². The second kappa shape index (κ2) is 6.75. The van der Waals surface area contributed by atoms with Crippen LogP contribution in [0.1, 0.15) is 36.8 Å². The minimum atomic E-state index is -0.532. The van der Waals surface area contributed by atoms with Crippen LogP contribution in [-0.2, 0) is 4.74 Å². The van der Waals surface area contributed by atoms with Crippen LogP contribution in [0.15, 0.2) is 66.7 Å². The van der Waals surface area contributed by atoms with Crippen LogP contribution in [0.4, 0.5) is 0 Å². The fourth-order valence-corrected chi connectivity index (χ4v) is 3.51. The molecule has 28 heavy (non-hydrogen) atoms. The van der Waals surface area contributed by atoms with Crippen LogP contribution in [0.25, 0.3) is 32.8 Å². The first kappa shape index (κ1) is 18.2. The van der Waals surface area contributed by atoms with E-state index in [4.69, 9.17) is 4.74 Å². The average Bonchev–Trinajstić information content (AvgIpc) is 2.65. The standard InChI is InChI=1S/C25H23NO2/c1-16-14-21(20-11-7-9-17-8-5-6-10-19(17)20)22-15-18(12-13-23(22)26-16)24(27)28-25(2,3)4/h5-15H,1-4H3. The van der Waals surface area contributed by atoms with E-state index in [2.05, 4.69) is 41.4 Å². The Bertz CT molecular complexity index is 1200. The Kier molecular flexibility index (Phi) is 4.38. The number of fused-ring (bicyclic) bond motifs is 2. The van der Waals surface area contributed by atoms with Crippen molar-refractivity contribution in [3.05, 3.63) is 78.0 Å². The predicted molar refractivity (Wildman–Crippen MR) is 115 cm³/mol.